The van der Waals surface area contributed by atoms with Crippen LogP contribution in [0, 0.1) is 18.7 Å². The number of amides is 2. The molecule has 0 aliphatic carbocycles. The van der Waals surface area contributed by atoms with Gasteiger partial charge in [-0.15, -0.1) is 0 Å². The molecule has 2 N–H and O–H groups in total. The van der Waals surface area contributed by atoms with E-state index in [9.17, 15) is 22.4 Å². The van der Waals surface area contributed by atoms with Crippen molar-refractivity contribution in [2.75, 3.05) is 23.9 Å². The lowest BCUT2D eigenvalue weighted by molar-refractivity contribution is -0.135. The van der Waals surface area contributed by atoms with Crippen LogP contribution in [-0.4, -0.2) is 50.9 Å². The first-order chi connectivity index (χ1) is 20.9. The van der Waals surface area contributed by atoms with E-state index in [1.807, 2.05) is 13.0 Å². The molecule has 0 saturated carbocycles. The van der Waals surface area contributed by atoms with Crippen LogP contribution in [0.4, 0.5) is 10.1 Å². The minimum absolute atomic E-state index is 0.00555. The molecule has 1 saturated heterocycles. The molecule has 0 bridgehead atoms. The maximum atomic E-state index is 14.6. The van der Waals surface area contributed by atoms with Crippen LogP contribution in [0.2, 0.25) is 5.02 Å². The van der Waals surface area contributed by atoms with E-state index in [2.05, 4.69) is 0 Å². The number of nitrogens with two attached hydrogens (primary N) is 1. The van der Waals surface area contributed by atoms with Gasteiger partial charge < -0.3 is 15.4 Å². The molecule has 2 aliphatic rings. The zero-order valence-electron chi connectivity index (χ0n) is 24.6. The number of likely N-dealkylation sites (tertiary alicyclic amines) is 1. The molecule has 3 aromatic rings. The van der Waals surface area contributed by atoms with Crippen LogP contribution in [0.3, 0.4) is 0 Å². The summed E-state index contributed by atoms with van der Waals surface area (Å²) in [7, 11) is -4.00. The van der Waals surface area contributed by atoms with Crippen molar-refractivity contribution >= 4 is 50.8 Å². The summed E-state index contributed by atoms with van der Waals surface area (Å²) in [4.78, 5) is 26.3. The van der Waals surface area contributed by atoms with Crippen molar-refractivity contribution in [3.05, 3.63) is 88.2 Å². The van der Waals surface area contributed by atoms with Crippen molar-refractivity contribution in [1.82, 2.24) is 4.90 Å². The number of fused-ring (bicyclic) bond motifs is 1. The molecule has 0 radical (unpaired) electrons. The van der Waals surface area contributed by atoms with E-state index in [-0.39, 0.29) is 46.2 Å². The Bertz CT molecular complexity index is 1700. The van der Waals surface area contributed by atoms with Crippen LogP contribution in [0.25, 0.3) is 11.6 Å². The van der Waals surface area contributed by atoms with Crippen LogP contribution in [0.1, 0.15) is 49.3 Å². The number of piperidine rings is 1. The summed E-state index contributed by atoms with van der Waals surface area (Å²) in [5.74, 6) is -0.717. The minimum atomic E-state index is -4.00. The van der Waals surface area contributed by atoms with Crippen molar-refractivity contribution in [2.24, 2.45) is 11.7 Å². The highest BCUT2D eigenvalue weighted by atomic mass is 35.5. The number of sulfonamides is 1. The number of nitrogens with zero attached hydrogens (tertiary/aromatic N) is 2. The second-order valence-electron chi connectivity index (χ2n) is 11.3. The molecule has 11 heteroatoms. The lowest BCUT2D eigenvalue weighted by Gasteiger charge is -2.36. The second kappa shape index (κ2) is 13.0. The van der Waals surface area contributed by atoms with Crippen molar-refractivity contribution in [3.8, 4) is 5.75 Å². The van der Waals surface area contributed by atoms with Crippen molar-refractivity contribution in [1.29, 1.82) is 0 Å². The average Bonchev–Trinajstić information content (AvgIpc) is 2.99. The number of primary amides is 1. The smallest absolute Gasteiger partial charge is 0.264 e. The zero-order valence-corrected chi connectivity index (χ0v) is 26.2. The van der Waals surface area contributed by atoms with E-state index >= 15 is 0 Å². The van der Waals surface area contributed by atoms with Gasteiger partial charge in [0.1, 0.15) is 17.7 Å². The minimum Gasteiger partial charge on any atom is -0.486 e. The Hall–Kier alpha value is -3.89. The molecular formula is C33H35ClFN3O5S. The average molecular weight is 640 g/mol. The summed E-state index contributed by atoms with van der Waals surface area (Å²) in [6.07, 6.45) is 2.72. The number of rotatable bonds is 8. The third-order valence-electron chi connectivity index (χ3n) is 8.16. The van der Waals surface area contributed by atoms with Gasteiger partial charge in [-0.1, -0.05) is 41.9 Å². The fourth-order valence-electron chi connectivity index (χ4n) is 5.75. The lowest BCUT2D eigenvalue weighted by atomic mass is 9.96. The predicted molar refractivity (Wildman–Crippen MR) is 169 cm³/mol. The molecule has 3 aromatic carbocycles. The SMILES string of the molecule is C/C(=C\c1ccc2c(c1)N(S(=O)(=O)c1cccc(C)c1)C[C@H](CCC(=O)N1CCC(C(N)=O)CC1)O2)c1c(F)cccc1Cl. The summed E-state index contributed by atoms with van der Waals surface area (Å²) in [6, 6.07) is 16.3. The van der Waals surface area contributed by atoms with Crippen molar-refractivity contribution in [2.45, 2.75) is 50.5 Å². The maximum absolute atomic E-state index is 14.6. The quantitative estimate of drug-likeness (QED) is 0.313. The molecule has 5 rings (SSSR count). The molecule has 0 spiro atoms. The highest BCUT2D eigenvalue weighted by Gasteiger charge is 2.35. The standard InChI is InChI=1S/C33H35ClFN3O5S/c1-21-5-3-6-26(17-21)44(41,42)38-20-25(10-12-31(39)37-15-13-24(14-16-37)33(36)40)43-30-11-9-23(19-29(30)38)18-22(2)32-27(34)7-4-8-28(32)35/h3-9,11,17-19,24-25H,10,12-16,20H2,1-2H3,(H2,36,40)/b22-18+/t25-/m0/s1. The molecule has 2 aliphatic heterocycles. The van der Waals surface area contributed by atoms with E-state index in [0.717, 1.165) is 5.56 Å². The maximum Gasteiger partial charge on any atom is 0.264 e. The first-order valence-electron chi connectivity index (χ1n) is 14.5. The van der Waals surface area contributed by atoms with Gasteiger partial charge in [-0.05, 0) is 86.2 Å². The lowest BCUT2D eigenvalue weighted by Crippen LogP contribution is -2.45. The molecule has 1 fully saturated rings. The van der Waals surface area contributed by atoms with Crippen LogP contribution < -0.4 is 14.8 Å². The fourth-order valence-corrected chi connectivity index (χ4v) is 7.67. The van der Waals surface area contributed by atoms with E-state index in [1.165, 1.54) is 16.4 Å². The number of anilines is 1. The fraction of sp³-hybridized carbons (Fsp3) is 0.333. The number of ether oxygens (including phenoxy) is 1. The Labute approximate surface area is 262 Å². The Morgan fingerprint density at radius 2 is 1.82 bits per heavy atom. The first kappa shape index (κ1) is 31.5. The third-order valence-corrected chi connectivity index (χ3v) is 10.3. The van der Waals surface area contributed by atoms with E-state index in [0.29, 0.717) is 54.9 Å². The first-order valence-corrected chi connectivity index (χ1v) is 16.4. The summed E-state index contributed by atoms with van der Waals surface area (Å²) >= 11 is 6.27. The van der Waals surface area contributed by atoms with Gasteiger partial charge in [0.05, 0.1) is 22.2 Å². The molecule has 0 aromatic heterocycles. The number of carbonyl (C=O) groups excluding carboxylic acids is 2. The van der Waals surface area contributed by atoms with Gasteiger partial charge in [-0.25, -0.2) is 12.8 Å². The number of aryl methyl sites for hydroxylation is 1. The summed E-state index contributed by atoms with van der Waals surface area (Å²) < 4.78 is 50.2. The van der Waals surface area contributed by atoms with E-state index in [4.69, 9.17) is 22.1 Å². The van der Waals surface area contributed by atoms with Gasteiger partial charge in [0.15, 0.2) is 0 Å². The molecule has 2 amide bonds. The number of allylic oxidation sites excluding steroid dienone is 1. The Morgan fingerprint density at radius 1 is 1.09 bits per heavy atom. The van der Waals surface area contributed by atoms with Gasteiger partial charge in [0.25, 0.3) is 10.0 Å². The van der Waals surface area contributed by atoms with Crippen LogP contribution in [0.5, 0.6) is 5.75 Å². The molecule has 1 atom stereocenters. The van der Waals surface area contributed by atoms with Crippen molar-refractivity contribution < 1.29 is 27.1 Å². The van der Waals surface area contributed by atoms with Gasteiger partial charge in [0.2, 0.25) is 11.8 Å². The largest absolute Gasteiger partial charge is 0.486 e. The molecule has 8 nitrogen and oxygen atoms in total. The highest BCUT2D eigenvalue weighted by Crippen LogP contribution is 2.40. The van der Waals surface area contributed by atoms with Crippen LogP contribution >= 0.6 is 11.6 Å². The Kier molecular flexibility index (Phi) is 9.31. The molecular weight excluding hydrogens is 605 g/mol. The highest BCUT2D eigenvalue weighted by molar-refractivity contribution is 7.92. The van der Waals surface area contributed by atoms with E-state index in [1.54, 1.807) is 60.4 Å². The van der Waals surface area contributed by atoms with Crippen LogP contribution in [-0.2, 0) is 19.6 Å². The number of carbonyl (C=O) groups is 2. The molecule has 44 heavy (non-hydrogen) atoms. The number of benzene rings is 3. The second-order valence-corrected chi connectivity index (χ2v) is 13.6. The summed E-state index contributed by atoms with van der Waals surface area (Å²) in [5.41, 5.74) is 8.06. The van der Waals surface area contributed by atoms with Crippen molar-refractivity contribution in [3.63, 3.8) is 0 Å². The zero-order chi connectivity index (χ0) is 31.6. The Balaban J connectivity index is 1.42. The Morgan fingerprint density at radius 3 is 2.50 bits per heavy atom. The van der Waals surface area contributed by atoms with Gasteiger partial charge in [-0.3, -0.25) is 13.9 Å². The normalized spacial score (nSPS) is 17.6. The summed E-state index contributed by atoms with van der Waals surface area (Å²) in [5, 5.41) is 0.276. The number of halogens is 2. The third kappa shape index (κ3) is 6.76. The van der Waals surface area contributed by atoms with Gasteiger partial charge in [-0.2, -0.15) is 0 Å². The predicted octanol–water partition coefficient (Wildman–Crippen LogP) is 5.81. The van der Waals surface area contributed by atoms with Gasteiger partial charge in [0, 0.05) is 31.0 Å². The number of hydrogen-bond acceptors (Lipinski definition) is 5. The molecule has 0 unspecified atom stereocenters. The monoisotopic (exact) mass is 639 g/mol. The number of hydrogen-bond donors (Lipinski definition) is 1. The van der Waals surface area contributed by atoms with Crippen LogP contribution in [0.15, 0.2) is 65.6 Å². The van der Waals surface area contributed by atoms with E-state index < -0.39 is 21.9 Å². The molecule has 232 valence electrons. The van der Waals surface area contributed by atoms with Gasteiger partial charge >= 0.3 is 0 Å². The summed E-state index contributed by atoms with van der Waals surface area (Å²) in [6.45, 7) is 4.49. The molecule has 2 heterocycles. The topological polar surface area (TPSA) is 110 Å².